The molecule has 5 aromatic rings. The van der Waals surface area contributed by atoms with Gasteiger partial charge in [0.2, 0.25) is 0 Å². The molecule has 2 aromatic carbocycles. The SMILES string of the molecule is Cc1ccc(-n2ncc3c2ncn2nc(-c4cccc(O)c4)nc32)cc1C. The van der Waals surface area contributed by atoms with Gasteiger partial charge in [-0.3, -0.25) is 0 Å². The van der Waals surface area contributed by atoms with Gasteiger partial charge in [-0.1, -0.05) is 18.2 Å². The van der Waals surface area contributed by atoms with Crippen molar-refractivity contribution in [2.75, 3.05) is 0 Å². The zero-order chi connectivity index (χ0) is 18.5. The third-order valence-corrected chi connectivity index (χ3v) is 4.74. The predicted octanol–water partition coefficient (Wildman–Crippen LogP) is 3.45. The van der Waals surface area contributed by atoms with Crippen molar-refractivity contribution in [3.05, 3.63) is 66.1 Å². The van der Waals surface area contributed by atoms with E-state index >= 15 is 0 Å². The lowest BCUT2D eigenvalue weighted by Crippen LogP contribution is -1.99. The molecule has 0 amide bonds. The summed E-state index contributed by atoms with van der Waals surface area (Å²) in [5.41, 5.74) is 5.53. The minimum absolute atomic E-state index is 0.178. The number of benzene rings is 2. The van der Waals surface area contributed by atoms with Gasteiger partial charge < -0.3 is 5.11 Å². The van der Waals surface area contributed by atoms with Crippen LogP contribution in [-0.4, -0.2) is 34.5 Å². The number of aryl methyl sites for hydroxylation is 2. The van der Waals surface area contributed by atoms with Crippen LogP contribution in [0.1, 0.15) is 11.1 Å². The molecule has 0 aliphatic heterocycles. The summed E-state index contributed by atoms with van der Waals surface area (Å²) < 4.78 is 3.44. The highest BCUT2D eigenvalue weighted by atomic mass is 16.3. The highest BCUT2D eigenvalue weighted by Gasteiger charge is 2.14. The first-order valence-electron chi connectivity index (χ1n) is 8.56. The number of phenolic OH excluding ortho intramolecular Hbond substituents is 1. The largest absolute Gasteiger partial charge is 0.508 e. The quantitative estimate of drug-likeness (QED) is 0.524. The van der Waals surface area contributed by atoms with E-state index in [9.17, 15) is 5.11 Å². The van der Waals surface area contributed by atoms with Crippen molar-refractivity contribution in [1.82, 2.24) is 29.4 Å². The predicted molar refractivity (Wildman–Crippen MR) is 102 cm³/mol. The summed E-state index contributed by atoms with van der Waals surface area (Å²) in [6, 6.07) is 13.1. The van der Waals surface area contributed by atoms with Crippen LogP contribution in [0.2, 0.25) is 0 Å². The Morgan fingerprint density at radius 3 is 2.67 bits per heavy atom. The van der Waals surface area contributed by atoms with Gasteiger partial charge in [-0.25, -0.2) is 19.2 Å². The first-order valence-corrected chi connectivity index (χ1v) is 8.56. The Balaban J connectivity index is 1.70. The molecule has 3 heterocycles. The van der Waals surface area contributed by atoms with E-state index in [1.807, 2.05) is 16.8 Å². The molecule has 0 bridgehead atoms. The van der Waals surface area contributed by atoms with E-state index in [1.54, 1.807) is 35.2 Å². The molecule has 0 fully saturated rings. The van der Waals surface area contributed by atoms with Gasteiger partial charge in [0.05, 0.1) is 17.3 Å². The fourth-order valence-corrected chi connectivity index (χ4v) is 3.13. The van der Waals surface area contributed by atoms with E-state index in [0.717, 1.165) is 22.3 Å². The van der Waals surface area contributed by atoms with Crippen molar-refractivity contribution in [1.29, 1.82) is 0 Å². The molecule has 0 saturated carbocycles. The maximum Gasteiger partial charge on any atom is 0.182 e. The van der Waals surface area contributed by atoms with Crippen molar-refractivity contribution in [3.8, 4) is 22.8 Å². The lowest BCUT2D eigenvalue weighted by molar-refractivity contribution is 0.475. The Hall–Kier alpha value is -3.74. The first-order chi connectivity index (χ1) is 13.1. The molecule has 0 unspecified atom stereocenters. The van der Waals surface area contributed by atoms with Crippen molar-refractivity contribution in [3.63, 3.8) is 0 Å². The molecule has 0 aliphatic rings. The smallest absolute Gasteiger partial charge is 0.182 e. The normalized spacial score (nSPS) is 11.5. The Morgan fingerprint density at radius 2 is 1.85 bits per heavy atom. The van der Waals surface area contributed by atoms with Gasteiger partial charge in [-0.2, -0.15) is 5.10 Å². The number of aromatic hydroxyl groups is 1. The minimum atomic E-state index is 0.178. The Kier molecular flexibility index (Phi) is 3.24. The van der Waals surface area contributed by atoms with E-state index in [0.29, 0.717) is 11.5 Å². The van der Waals surface area contributed by atoms with Gasteiger partial charge in [-0.15, -0.1) is 5.10 Å². The molecule has 7 heteroatoms. The average Bonchev–Trinajstić information content (AvgIpc) is 3.27. The summed E-state index contributed by atoms with van der Waals surface area (Å²) in [6.07, 6.45) is 3.39. The fourth-order valence-electron chi connectivity index (χ4n) is 3.13. The molecule has 27 heavy (non-hydrogen) atoms. The van der Waals surface area contributed by atoms with E-state index in [2.05, 4.69) is 46.1 Å². The van der Waals surface area contributed by atoms with Crippen LogP contribution in [-0.2, 0) is 0 Å². The molecule has 0 radical (unpaired) electrons. The Bertz CT molecular complexity index is 1320. The van der Waals surface area contributed by atoms with E-state index in [4.69, 9.17) is 0 Å². The molecule has 132 valence electrons. The van der Waals surface area contributed by atoms with Gasteiger partial charge in [0.15, 0.2) is 17.1 Å². The summed E-state index contributed by atoms with van der Waals surface area (Å²) >= 11 is 0. The zero-order valence-electron chi connectivity index (χ0n) is 14.8. The molecule has 1 N–H and O–H groups in total. The van der Waals surface area contributed by atoms with Crippen molar-refractivity contribution in [2.24, 2.45) is 0 Å². The third-order valence-electron chi connectivity index (χ3n) is 4.74. The molecule has 0 spiro atoms. The number of nitrogens with zero attached hydrogens (tertiary/aromatic N) is 6. The highest BCUT2D eigenvalue weighted by molar-refractivity contribution is 5.90. The maximum atomic E-state index is 9.70. The van der Waals surface area contributed by atoms with Gasteiger partial charge >= 0.3 is 0 Å². The summed E-state index contributed by atoms with van der Waals surface area (Å²) in [6.45, 7) is 4.16. The number of hydrogen-bond donors (Lipinski definition) is 1. The molecular formula is C20H16N6O. The van der Waals surface area contributed by atoms with Crippen LogP contribution in [0.15, 0.2) is 55.0 Å². The van der Waals surface area contributed by atoms with Crippen molar-refractivity contribution < 1.29 is 5.11 Å². The zero-order valence-corrected chi connectivity index (χ0v) is 14.8. The first kappa shape index (κ1) is 15.5. The van der Waals surface area contributed by atoms with Gasteiger partial charge in [0, 0.05) is 5.56 Å². The monoisotopic (exact) mass is 356 g/mol. The maximum absolute atomic E-state index is 9.70. The Morgan fingerprint density at radius 1 is 0.963 bits per heavy atom. The van der Waals surface area contributed by atoms with Crippen LogP contribution in [0, 0.1) is 13.8 Å². The number of aromatic nitrogens is 6. The van der Waals surface area contributed by atoms with Crippen molar-refractivity contribution >= 4 is 16.7 Å². The number of phenols is 1. The second-order valence-corrected chi connectivity index (χ2v) is 6.56. The van der Waals surface area contributed by atoms with Crippen LogP contribution in [0.25, 0.3) is 33.8 Å². The van der Waals surface area contributed by atoms with E-state index in [1.165, 1.54) is 11.1 Å². The third kappa shape index (κ3) is 2.43. The second kappa shape index (κ2) is 5.63. The molecule has 7 nitrogen and oxygen atoms in total. The highest BCUT2D eigenvalue weighted by Crippen LogP contribution is 2.25. The summed E-state index contributed by atoms with van der Waals surface area (Å²) in [7, 11) is 0. The molecule has 0 saturated heterocycles. The number of rotatable bonds is 2. The van der Waals surface area contributed by atoms with Crippen LogP contribution in [0.3, 0.4) is 0 Å². The van der Waals surface area contributed by atoms with Crippen LogP contribution in [0.5, 0.6) is 5.75 Å². The molecule has 5 rings (SSSR count). The Labute approximate surface area is 154 Å². The van der Waals surface area contributed by atoms with Gasteiger partial charge in [0.1, 0.15) is 12.1 Å². The summed E-state index contributed by atoms with van der Waals surface area (Å²) in [4.78, 5) is 9.17. The number of hydrogen-bond acceptors (Lipinski definition) is 5. The lowest BCUT2D eigenvalue weighted by atomic mass is 10.1. The van der Waals surface area contributed by atoms with E-state index < -0.39 is 0 Å². The fraction of sp³-hybridized carbons (Fsp3) is 0.100. The average molecular weight is 356 g/mol. The second-order valence-electron chi connectivity index (χ2n) is 6.56. The van der Waals surface area contributed by atoms with Crippen LogP contribution in [0.4, 0.5) is 0 Å². The van der Waals surface area contributed by atoms with Crippen LogP contribution >= 0.6 is 0 Å². The molecule has 0 aliphatic carbocycles. The van der Waals surface area contributed by atoms with E-state index in [-0.39, 0.29) is 5.75 Å². The topological polar surface area (TPSA) is 81.1 Å². The lowest BCUT2D eigenvalue weighted by Gasteiger charge is -2.06. The summed E-state index contributed by atoms with van der Waals surface area (Å²) in [5, 5.41) is 19.5. The van der Waals surface area contributed by atoms with Gasteiger partial charge in [-0.05, 0) is 49.2 Å². The standard InChI is InChI=1S/C20H16N6O/c1-12-6-7-15(8-13(12)2)26-19-17(10-22-26)20-23-18(24-25(20)11-21-19)14-4-3-5-16(27)9-14/h3-11,27H,1-2H3. The minimum Gasteiger partial charge on any atom is -0.508 e. The number of fused-ring (bicyclic) bond motifs is 3. The van der Waals surface area contributed by atoms with Gasteiger partial charge in [0.25, 0.3) is 0 Å². The molecule has 0 atom stereocenters. The molecule has 3 aromatic heterocycles. The van der Waals surface area contributed by atoms with Crippen LogP contribution < -0.4 is 0 Å². The van der Waals surface area contributed by atoms with Crippen molar-refractivity contribution in [2.45, 2.75) is 13.8 Å². The summed E-state index contributed by atoms with van der Waals surface area (Å²) in [5.74, 6) is 0.705. The molecular weight excluding hydrogens is 340 g/mol.